The molecule has 6 heteroatoms. The zero-order valence-electron chi connectivity index (χ0n) is 16.3. The van der Waals surface area contributed by atoms with Crippen molar-refractivity contribution >= 4 is 34.8 Å². The maximum absolute atomic E-state index is 12.4. The highest BCUT2D eigenvalue weighted by Gasteiger charge is 2.14. The van der Waals surface area contributed by atoms with Gasteiger partial charge in [0.25, 0.3) is 5.91 Å². The van der Waals surface area contributed by atoms with E-state index in [1.54, 1.807) is 24.4 Å². The van der Waals surface area contributed by atoms with Crippen LogP contribution in [0, 0.1) is 11.3 Å². The van der Waals surface area contributed by atoms with E-state index in [9.17, 15) is 10.1 Å². The van der Waals surface area contributed by atoms with Crippen LogP contribution in [-0.4, -0.2) is 11.9 Å². The van der Waals surface area contributed by atoms with Gasteiger partial charge in [0.2, 0.25) is 0 Å². The minimum absolute atomic E-state index is 0.0298. The quantitative estimate of drug-likeness (QED) is 0.424. The molecule has 152 valence electrons. The van der Waals surface area contributed by atoms with Gasteiger partial charge in [0, 0.05) is 12.2 Å². The van der Waals surface area contributed by atoms with Crippen LogP contribution < -0.4 is 10.6 Å². The Bertz CT molecular complexity index is 700. The summed E-state index contributed by atoms with van der Waals surface area (Å²) in [7, 11) is 0. The van der Waals surface area contributed by atoms with Crippen molar-refractivity contribution in [1.82, 2.24) is 5.32 Å². The van der Waals surface area contributed by atoms with Gasteiger partial charge < -0.3 is 10.6 Å². The molecule has 0 bridgehead atoms. The van der Waals surface area contributed by atoms with Gasteiger partial charge in [-0.05, 0) is 25.0 Å². The molecule has 1 aromatic rings. The maximum Gasteiger partial charge on any atom is 0.267 e. The molecule has 28 heavy (non-hydrogen) atoms. The lowest BCUT2D eigenvalue weighted by molar-refractivity contribution is -0.112. The predicted octanol–water partition coefficient (Wildman–Crippen LogP) is 6.60. The van der Waals surface area contributed by atoms with Crippen molar-refractivity contribution in [1.29, 1.82) is 5.26 Å². The van der Waals surface area contributed by atoms with Crippen molar-refractivity contribution in [2.24, 2.45) is 0 Å². The Morgan fingerprint density at radius 2 is 1.57 bits per heavy atom. The highest BCUT2D eigenvalue weighted by molar-refractivity contribution is 6.44. The van der Waals surface area contributed by atoms with Gasteiger partial charge in [0.1, 0.15) is 11.6 Å². The van der Waals surface area contributed by atoms with E-state index < -0.39 is 5.91 Å². The summed E-state index contributed by atoms with van der Waals surface area (Å²) in [5, 5.41) is 16.0. The number of carbonyl (C=O) groups is 1. The molecule has 1 aliphatic carbocycles. The second-order valence-electron chi connectivity index (χ2n) is 7.35. The predicted molar refractivity (Wildman–Crippen MR) is 116 cm³/mol. The first kappa shape index (κ1) is 22.6. The minimum Gasteiger partial charge on any atom is -0.387 e. The molecule has 0 atom stereocenters. The second kappa shape index (κ2) is 12.7. The Morgan fingerprint density at radius 3 is 2.14 bits per heavy atom. The van der Waals surface area contributed by atoms with Crippen LogP contribution in [0.1, 0.15) is 70.6 Å². The standard InChI is InChI=1S/C22H29Cl2N3O/c23-19-13-10-14-20(21(19)24)27-22(28)17(15-25)16-26-18-11-8-6-4-2-1-3-5-7-9-12-18/h10,13-14,16,18,26H,1-9,11-12H2,(H,27,28)/b17-16-. The van der Waals surface area contributed by atoms with Crippen LogP contribution in [0.25, 0.3) is 0 Å². The summed E-state index contributed by atoms with van der Waals surface area (Å²) in [5.74, 6) is -0.493. The van der Waals surface area contributed by atoms with E-state index in [0.717, 1.165) is 12.8 Å². The zero-order valence-corrected chi connectivity index (χ0v) is 17.8. The summed E-state index contributed by atoms with van der Waals surface area (Å²) >= 11 is 12.1. The van der Waals surface area contributed by atoms with Gasteiger partial charge in [-0.2, -0.15) is 5.26 Å². The van der Waals surface area contributed by atoms with Gasteiger partial charge in [-0.15, -0.1) is 0 Å². The Hall–Kier alpha value is -1.70. The summed E-state index contributed by atoms with van der Waals surface area (Å²) in [6, 6.07) is 7.27. The molecule has 1 aliphatic rings. The fourth-order valence-corrected chi connectivity index (χ4v) is 3.82. The Labute approximate surface area is 178 Å². The minimum atomic E-state index is -0.493. The van der Waals surface area contributed by atoms with Crippen LogP contribution in [-0.2, 0) is 4.79 Å². The van der Waals surface area contributed by atoms with Crippen molar-refractivity contribution in [3.05, 3.63) is 40.0 Å². The Morgan fingerprint density at radius 1 is 1.00 bits per heavy atom. The van der Waals surface area contributed by atoms with Crippen LogP contribution in [0.15, 0.2) is 30.0 Å². The first-order valence-corrected chi connectivity index (χ1v) is 11.0. The third-order valence-corrected chi connectivity index (χ3v) is 5.95. The van der Waals surface area contributed by atoms with E-state index >= 15 is 0 Å². The summed E-state index contributed by atoms with van der Waals surface area (Å²) in [6.07, 6.45) is 15.2. The van der Waals surface area contributed by atoms with Crippen LogP contribution in [0.5, 0.6) is 0 Å². The van der Waals surface area contributed by atoms with Gasteiger partial charge in [-0.3, -0.25) is 4.79 Å². The third-order valence-electron chi connectivity index (χ3n) is 5.13. The molecule has 0 aliphatic heterocycles. The van der Waals surface area contributed by atoms with Gasteiger partial charge in [0.05, 0.1) is 15.7 Å². The molecule has 2 rings (SSSR count). The highest BCUT2D eigenvalue weighted by Crippen LogP contribution is 2.29. The molecule has 0 unspecified atom stereocenters. The fraction of sp³-hybridized carbons (Fsp3) is 0.545. The molecule has 0 saturated heterocycles. The molecule has 2 N–H and O–H groups in total. The topological polar surface area (TPSA) is 64.9 Å². The second-order valence-corrected chi connectivity index (χ2v) is 8.13. The molecule has 0 spiro atoms. The van der Waals surface area contributed by atoms with Crippen molar-refractivity contribution in [3.63, 3.8) is 0 Å². The van der Waals surface area contributed by atoms with Crippen LogP contribution in [0.3, 0.4) is 0 Å². The molecular weight excluding hydrogens is 393 g/mol. The molecule has 0 heterocycles. The first-order chi connectivity index (χ1) is 13.6. The van der Waals surface area contributed by atoms with E-state index in [1.807, 2.05) is 6.07 Å². The smallest absolute Gasteiger partial charge is 0.267 e. The largest absolute Gasteiger partial charge is 0.387 e. The van der Waals surface area contributed by atoms with E-state index in [-0.39, 0.29) is 10.6 Å². The number of nitrogens with one attached hydrogen (secondary N) is 2. The number of carbonyl (C=O) groups excluding carboxylic acids is 1. The van der Waals surface area contributed by atoms with Crippen molar-refractivity contribution in [2.45, 2.75) is 76.7 Å². The average molecular weight is 422 g/mol. The van der Waals surface area contributed by atoms with Gasteiger partial charge in [0.15, 0.2) is 0 Å². The number of halogens is 2. The van der Waals surface area contributed by atoms with Crippen LogP contribution >= 0.6 is 23.2 Å². The maximum atomic E-state index is 12.4. The van der Waals surface area contributed by atoms with Crippen molar-refractivity contribution in [3.8, 4) is 6.07 Å². The SMILES string of the molecule is N#C/C(=C/NC1CCCCCCCCCCC1)C(=O)Nc1cccc(Cl)c1Cl. The van der Waals surface area contributed by atoms with Gasteiger partial charge in [-0.1, -0.05) is 87.1 Å². The number of rotatable bonds is 4. The lowest BCUT2D eigenvalue weighted by atomic mass is 9.98. The lowest BCUT2D eigenvalue weighted by Gasteiger charge is -2.18. The van der Waals surface area contributed by atoms with E-state index in [1.165, 1.54) is 57.8 Å². The summed E-state index contributed by atoms with van der Waals surface area (Å²) < 4.78 is 0. The Kier molecular flexibility index (Phi) is 10.2. The third kappa shape index (κ3) is 7.73. The zero-order chi connectivity index (χ0) is 20.2. The van der Waals surface area contributed by atoms with Crippen molar-refractivity contribution in [2.75, 3.05) is 5.32 Å². The number of hydrogen-bond donors (Lipinski definition) is 2. The molecule has 4 nitrogen and oxygen atoms in total. The summed E-state index contributed by atoms with van der Waals surface area (Å²) in [6.45, 7) is 0. The fourth-order valence-electron chi connectivity index (χ4n) is 3.47. The monoisotopic (exact) mass is 421 g/mol. The van der Waals surface area contributed by atoms with Crippen LogP contribution in [0.2, 0.25) is 10.0 Å². The first-order valence-electron chi connectivity index (χ1n) is 10.2. The molecule has 0 aromatic heterocycles. The summed E-state index contributed by atoms with van der Waals surface area (Å²) in [4.78, 5) is 12.4. The van der Waals surface area contributed by atoms with Gasteiger partial charge in [-0.25, -0.2) is 0 Å². The summed E-state index contributed by atoms with van der Waals surface area (Å²) in [5.41, 5.74) is 0.425. The molecular formula is C22H29Cl2N3O. The molecule has 0 radical (unpaired) electrons. The molecule has 1 amide bonds. The number of hydrogen-bond acceptors (Lipinski definition) is 3. The van der Waals surface area contributed by atoms with E-state index in [4.69, 9.17) is 23.2 Å². The van der Waals surface area contributed by atoms with Crippen LogP contribution in [0.4, 0.5) is 5.69 Å². The number of benzene rings is 1. The number of amides is 1. The number of nitriles is 1. The van der Waals surface area contributed by atoms with Gasteiger partial charge >= 0.3 is 0 Å². The van der Waals surface area contributed by atoms with Crippen molar-refractivity contribution < 1.29 is 4.79 Å². The molecule has 1 fully saturated rings. The normalized spacial score (nSPS) is 17.7. The average Bonchev–Trinajstić information content (AvgIpc) is 2.67. The lowest BCUT2D eigenvalue weighted by Crippen LogP contribution is -2.26. The van der Waals surface area contributed by atoms with E-state index in [2.05, 4.69) is 10.6 Å². The number of nitrogens with zero attached hydrogens (tertiary/aromatic N) is 1. The van der Waals surface area contributed by atoms with E-state index in [0.29, 0.717) is 16.8 Å². The molecule has 1 saturated carbocycles. The molecule has 1 aromatic carbocycles. The Balaban J connectivity index is 1.96. The number of anilines is 1. The highest BCUT2D eigenvalue weighted by atomic mass is 35.5.